The molecule has 0 saturated heterocycles. The number of carbonyl (C=O) groups is 1. The van der Waals surface area contributed by atoms with E-state index in [4.69, 9.17) is 11.5 Å². The quantitative estimate of drug-likeness (QED) is 0.370. The number of hydrogen-bond acceptors (Lipinski definition) is 5. The number of imidazole rings is 1. The van der Waals surface area contributed by atoms with Crippen molar-refractivity contribution in [3.8, 4) is 5.88 Å². The normalized spacial score (nSPS) is 14.3. The van der Waals surface area contributed by atoms with Crippen molar-refractivity contribution in [2.24, 2.45) is 0 Å². The number of anilines is 2. The average Bonchev–Trinajstić information content (AvgIpc) is 3.00. The summed E-state index contributed by atoms with van der Waals surface area (Å²) in [7, 11) is 0. The highest BCUT2D eigenvalue weighted by molar-refractivity contribution is 6.11. The molecule has 0 spiro atoms. The molecule has 0 bridgehead atoms. The van der Waals surface area contributed by atoms with Crippen LogP contribution in [0.4, 0.5) is 11.6 Å². The zero-order chi connectivity index (χ0) is 16.1. The predicted molar refractivity (Wildman–Crippen MR) is 86.8 cm³/mol. The van der Waals surface area contributed by atoms with E-state index in [1.54, 1.807) is 12.1 Å². The van der Waals surface area contributed by atoms with E-state index in [0.717, 1.165) is 5.39 Å². The number of nitrogen functional groups attached to an aromatic ring is 2. The second-order valence-corrected chi connectivity index (χ2v) is 5.29. The molecule has 0 fully saturated rings. The third-order valence-electron chi connectivity index (χ3n) is 3.90. The van der Waals surface area contributed by atoms with Crippen molar-refractivity contribution >= 4 is 34.0 Å². The van der Waals surface area contributed by atoms with Crippen molar-refractivity contribution < 1.29 is 9.90 Å². The lowest BCUT2D eigenvalue weighted by atomic mass is 9.99. The van der Waals surface area contributed by atoms with Gasteiger partial charge in [-0.05, 0) is 6.07 Å². The number of para-hydroxylation sites is 1. The van der Waals surface area contributed by atoms with Crippen molar-refractivity contribution in [3.63, 3.8) is 0 Å². The van der Waals surface area contributed by atoms with Gasteiger partial charge in [-0.3, -0.25) is 4.79 Å². The summed E-state index contributed by atoms with van der Waals surface area (Å²) >= 11 is 0. The zero-order valence-electron chi connectivity index (χ0n) is 12.0. The highest BCUT2D eigenvalue weighted by atomic mass is 16.3. The van der Waals surface area contributed by atoms with Crippen LogP contribution in [0.15, 0.2) is 24.3 Å². The number of benzene rings is 1. The molecule has 0 unspecified atom stereocenters. The van der Waals surface area contributed by atoms with E-state index < -0.39 is 0 Å². The van der Waals surface area contributed by atoms with Crippen LogP contribution in [0.1, 0.15) is 21.7 Å². The maximum absolute atomic E-state index is 12.3. The first-order chi connectivity index (χ1) is 11.1. The second kappa shape index (κ2) is 4.54. The first-order valence-electron chi connectivity index (χ1n) is 7.00. The van der Waals surface area contributed by atoms with Crippen LogP contribution < -0.4 is 16.8 Å². The molecule has 2 aromatic heterocycles. The summed E-state index contributed by atoms with van der Waals surface area (Å²) in [6, 6.07) is 5.43. The Balaban J connectivity index is 2.08. The Morgan fingerprint density at radius 3 is 2.74 bits per heavy atom. The van der Waals surface area contributed by atoms with Crippen molar-refractivity contribution in [2.45, 2.75) is 0 Å². The number of fused-ring (bicyclic) bond motifs is 3. The van der Waals surface area contributed by atoms with E-state index >= 15 is 0 Å². The minimum Gasteiger partial charge on any atom is -0.492 e. The SMILES string of the molecule is Nc1nc(O)c(C2=CCNC(=O)c3[nH]c4c(N)cccc4c32)[nH]1. The van der Waals surface area contributed by atoms with Crippen LogP contribution in [0.2, 0.25) is 0 Å². The smallest absolute Gasteiger partial charge is 0.268 e. The number of H-pyrrole nitrogens is 2. The number of nitrogens with zero attached hydrogens (tertiary/aromatic N) is 1. The molecule has 8 N–H and O–H groups in total. The highest BCUT2D eigenvalue weighted by Crippen LogP contribution is 2.38. The maximum Gasteiger partial charge on any atom is 0.268 e. The average molecular weight is 310 g/mol. The monoisotopic (exact) mass is 310 g/mol. The van der Waals surface area contributed by atoms with Gasteiger partial charge in [-0.25, -0.2) is 0 Å². The van der Waals surface area contributed by atoms with Gasteiger partial charge in [-0.2, -0.15) is 4.98 Å². The predicted octanol–water partition coefficient (Wildman–Crippen LogP) is 0.936. The van der Waals surface area contributed by atoms with Crippen LogP contribution in [0.3, 0.4) is 0 Å². The van der Waals surface area contributed by atoms with Gasteiger partial charge in [0.2, 0.25) is 11.8 Å². The van der Waals surface area contributed by atoms with Crippen molar-refractivity contribution in [1.29, 1.82) is 0 Å². The molecule has 23 heavy (non-hydrogen) atoms. The van der Waals surface area contributed by atoms with E-state index in [2.05, 4.69) is 20.3 Å². The molecule has 0 atom stereocenters. The molecule has 8 nitrogen and oxygen atoms in total. The van der Waals surface area contributed by atoms with Crippen LogP contribution in [0, 0.1) is 0 Å². The molecule has 1 amide bonds. The van der Waals surface area contributed by atoms with Gasteiger partial charge in [0.15, 0.2) is 0 Å². The number of hydrogen-bond donors (Lipinski definition) is 6. The molecule has 8 heteroatoms. The van der Waals surface area contributed by atoms with Gasteiger partial charge in [0, 0.05) is 23.1 Å². The Morgan fingerprint density at radius 2 is 2.00 bits per heavy atom. The van der Waals surface area contributed by atoms with Crippen molar-refractivity contribution in [3.05, 3.63) is 41.2 Å². The number of amides is 1. The van der Waals surface area contributed by atoms with E-state index in [1.807, 2.05) is 12.1 Å². The summed E-state index contributed by atoms with van der Waals surface area (Å²) in [4.78, 5) is 22.0. The molecule has 1 aliphatic heterocycles. The number of rotatable bonds is 1. The fraction of sp³-hybridized carbons (Fsp3) is 0.0667. The number of nitrogens with one attached hydrogen (secondary N) is 3. The maximum atomic E-state index is 12.3. The van der Waals surface area contributed by atoms with Gasteiger partial charge in [-0.15, -0.1) is 0 Å². The molecular formula is C15H14N6O2. The molecule has 1 aliphatic rings. The van der Waals surface area contributed by atoms with Gasteiger partial charge in [-0.1, -0.05) is 18.2 Å². The molecule has 4 rings (SSSR count). The fourth-order valence-corrected chi connectivity index (χ4v) is 2.92. The third kappa shape index (κ3) is 1.85. The Labute approximate surface area is 130 Å². The van der Waals surface area contributed by atoms with Gasteiger partial charge in [0.1, 0.15) is 11.4 Å². The van der Waals surface area contributed by atoms with E-state index in [-0.39, 0.29) is 17.7 Å². The lowest BCUT2D eigenvalue weighted by Crippen LogP contribution is -2.22. The van der Waals surface area contributed by atoms with Crippen LogP contribution >= 0.6 is 0 Å². The second-order valence-electron chi connectivity index (χ2n) is 5.29. The van der Waals surface area contributed by atoms with E-state index in [0.29, 0.717) is 40.3 Å². The van der Waals surface area contributed by atoms with Gasteiger partial charge in [0.25, 0.3) is 5.91 Å². The lowest BCUT2D eigenvalue weighted by molar-refractivity contribution is 0.0954. The number of aromatic amines is 2. The molecule has 3 heterocycles. The molecule has 116 valence electrons. The topological polar surface area (TPSA) is 146 Å². The van der Waals surface area contributed by atoms with Crippen LogP contribution in [-0.2, 0) is 0 Å². The molecule has 1 aromatic carbocycles. The Hall–Kier alpha value is -3.42. The van der Waals surface area contributed by atoms with Crippen LogP contribution in [0.25, 0.3) is 16.5 Å². The first kappa shape index (κ1) is 13.3. The minimum atomic E-state index is -0.242. The van der Waals surface area contributed by atoms with Crippen molar-refractivity contribution in [1.82, 2.24) is 20.3 Å². The van der Waals surface area contributed by atoms with Crippen LogP contribution in [-0.4, -0.2) is 32.5 Å². The highest BCUT2D eigenvalue weighted by Gasteiger charge is 2.26. The number of carbonyl (C=O) groups excluding carboxylic acids is 1. The standard InChI is InChI=1S/C15H14N6O2/c16-8-3-1-2-6-9-7(11-14(23)21-15(17)20-11)4-5-18-13(22)12(9)19-10(6)8/h1-4,19,23H,5,16H2,(H,18,22)(H3,17,20,21). The Kier molecular flexibility index (Phi) is 2.61. The number of aromatic nitrogens is 3. The fourth-order valence-electron chi connectivity index (χ4n) is 2.92. The summed E-state index contributed by atoms with van der Waals surface area (Å²) in [6.45, 7) is 0.318. The van der Waals surface area contributed by atoms with Crippen molar-refractivity contribution in [2.75, 3.05) is 18.0 Å². The summed E-state index contributed by atoms with van der Waals surface area (Å²) in [5, 5.41) is 13.6. The Bertz CT molecular complexity index is 981. The van der Waals surface area contributed by atoms with Gasteiger partial charge < -0.3 is 31.9 Å². The zero-order valence-corrected chi connectivity index (χ0v) is 12.0. The molecule has 0 saturated carbocycles. The molecular weight excluding hydrogens is 296 g/mol. The van der Waals surface area contributed by atoms with E-state index in [1.165, 1.54) is 0 Å². The van der Waals surface area contributed by atoms with Gasteiger partial charge >= 0.3 is 0 Å². The molecule has 0 aliphatic carbocycles. The summed E-state index contributed by atoms with van der Waals surface area (Å²) in [5.74, 6) is -0.357. The first-order valence-corrected chi connectivity index (χ1v) is 7.00. The summed E-state index contributed by atoms with van der Waals surface area (Å²) in [6.07, 6.45) is 1.80. The lowest BCUT2D eigenvalue weighted by Gasteiger charge is -2.05. The van der Waals surface area contributed by atoms with Crippen LogP contribution in [0.5, 0.6) is 5.88 Å². The minimum absolute atomic E-state index is 0.0998. The number of nitrogens with two attached hydrogens (primary N) is 2. The van der Waals surface area contributed by atoms with Gasteiger partial charge in [0.05, 0.1) is 11.2 Å². The van der Waals surface area contributed by atoms with E-state index in [9.17, 15) is 9.90 Å². The summed E-state index contributed by atoms with van der Waals surface area (Å²) < 4.78 is 0. The number of aromatic hydroxyl groups is 1. The summed E-state index contributed by atoms with van der Waals surface area (Å²) in [5.41, 5.74) is 14.9. The third-order valence-corrected chi connectivity index (χ3v) is 3.90. The Morgan fingerprint density at radius 1 is 1.17 bits per heavy atom. The molecule has 3 aromatic rings. The largest absolute Gasteiger partial charge is 0.492 e. The molecule has 0 radical (unpaired) electrons.